The first-order chi connectivity index (χ1) is 9.31. The number of nitrogens with zero attached hydrogens (tertiary/aromatic N) is 1. The molecule has 1 aromatic rings. The van der Waals surface area contributed by atoms with Crippen LogP contribution in [-0.2, 0) is 9.53 Å². The highest BCUT2D eigenvalue weighted by Gasteiger charge is 2.26. The van der Waals surface area contributed by atoms with Crippen molar-refractivity contribution in [1.82, 2.24) is 4.98 Å². The van der Waals surface area contributed by atoms with Gasteiger partial charge in [0.2, 0.25) is 0 Å². The number of hydrogen-bond acceptors (Lipinski definition) is 3. The number of rotatable bonds is 5. The number of pyridine rings is 1. The van der Waals surface area contributed by atoms with Crippen molar-refractivity contribution in [3.05, 3.63) is 30.1 Å². The molecule has 0 amide bonds. The van der Waals surface area contributed by atoms with Crippen molar-refractivity contribution in [1.29, 1.82) is 0 Å². The molecule has 1 atom stereocenters. The summed E-state index contributed by atoms with van der Waals surface area (Å²) < 4.78 is 5.68. The number of esters is 1. The largest absolute Gasteiger partial charge is 0.462 e. The second-order valence-corrected chi connectivity index (χ2v) is 5.29. The molecule has 1 saturated carbocycles. The van der Waals surface area contributed by atoms with Crippen LogP contribution in [0.3, 0.4) is 0 Å². The van der Waals surface area contributed by atoms with E-state index in [-0.39, 0.29) is 18.0 Å². The molecule has 0 aliphatic heterocycles. The molecule has 0 N–H and O–H groups in total. The summed E-state index contributed by atoms with van der Waals surface area (Å²) in [5.41, 5.74) is 0.838. The zero-order chi connectivity index (χ0) is 13.5. The van der Waals surface area contributed by atoms with Gasteiger partial charge in [0.1, 0.15) is 6.10 Å². The van der Waals surface area contributed by atoms with E-state index in [0.29, 0.717) is 0 Å². The maximum atomic E-state index is 12.3. The molecule has 3 heteroatoms. The predicted octanol–water partition coefficient (Wildman–Crippen LogP) is 3.84. The lowest BCUT2D eigenvalue weighted by atomic mass is 9.96. The SMILES string of the molecule is CCCC(C(=O)OC1CCCCC1)c1ccccn1. The number of carbonyl (C=O) groups is 1. The molecule has 2 rings (SSSR count). The molecule has 0 aromatic carbocycles. The topological polar surface area (TPSA) is 39.2 Å². The minimum Gasteiger partial charge on any atom is -0.462 e. The molecule has 0 bridgehead atoms. The van der Waals surface area contributed by atoms with Gasteiger partial charge in [-0.15, -0.1) is 0 Å². The Hall–Kier alpha value is -1.38. The first kappa shape index (κ1) is 14.0. The van der Waals surface area contributed by atoms with E-state index in [4.69, 9.17) is 4.74 Å². The monoisotopic (exact) mass is 261 g/mol. The Labute approximate surface area is 115 Å². The molecule has 1 aliphatic rings. The van der Waals surface area contributed by atoms with Crippen molar-refractivity contribution >= 4 is 5.97 Å². The average Bonchev–Trinajstić information content (AvgIpc) is 2.46. The lowest BCUT2D eigenvalue weighted by Gasteiger charge is -2.24. The van der Waals surface area contributed by atoms with Gasteiger partial charge in [-0.1, -0.05) is 25.8 Å². The van der Waals surface area contributed by atoms with Gasteiger partial charge in [0.05, 0.1) is 11.6 Å². The lowest BCUT2D eigenvalue weighted by molar-refractivity contribution is -0.152. The highest BCUT2D eigenvalue weighted by atomic mass is 16.5. The van der Waals surface area contributed by atoms with Gasteiger partial charge < -0.3 is 4.74 Å². The summed E-state index contributed by atoms with van der Waals surface area (Å²) in [6.45, 7) is 2.09. The van der Waals surface area contributed by atoms with E-state index in [1.807, 2.05) is 18.2 Å². The Bertz CT molecular complexity index is 385. The molecule has 104 valence electrons. The fraction of sp³-hybridized carbons (Fsp3) is 0.625. The van der Waals surface area contributed by atoms with E-state index in [1.165, 1.54) is 19.3 Å². The van der Waals surface area contributed by atoms with Crippen molar-refractivity contribution in [3.8, 4) is 0 Å². The van der Waals surface area contributed by atoms with Crippen molar-refractivity contribution in [3.63, 3.8) is 0 Å². The summed E-state index contributed by atoms with van der Waals surface area (Å²) in [7, 11) is 0. The van der Waals surface area contributed by atoms with Crippen LogP contribution in [0.1, 0.15) is 63.5 Å². The van der Waals surface area contributed by atoms with E-state index in [9.17, 15) is 4.79 Å². The van der Waals surface area contributed by atoms with E-state index < -0.39 is 0 Å². The first-order valence-electron chi connectivity index (χ1n) is 7.42. The Balaban J connectivity index is 1.99. The summed E-state index contributed by atoms with van der Waals surface area (Å²) in [5, 5.41) is 0. The molecule has 19 heavy (non-hydrogen) atoms. The molecule has 1 unspecified atom stereocenters. The molecule has 0 saturated heterocycles. The molecular formula is C16H23NO2. The minimum atomic E-state index is -0.201. The van der Waals surface area contributed by atoms with Crippen LogP contribution in [0.15, 0.2) is 24.4 Å². The van der Waals surface area contributed by atoms with Crippen LogP contribution in [-0.4, -0.2) is 17.1 Å². The molecule has 3 nitrogen and oxygen atoms in total. The smallest absolute Gasteiger partial charge is 0.315 e. The number of aromatic nitrogens is 1. The second-order valence-electron chi connectivity index (χ2n) is 5.29. The van der Waals surface area contributed by atoms with Gasteiger partial charge in [-0.3, -0.25) is 9.78 Å². The van der Waals surface area contributed by atoms with Gasteiger partial charge >= 0.3 is 5.97 Å². The Morgan fingerprint density at radius 3 is 2.79 bits per heavy atom. The van der Waals surface area contributed by atoms with Gasteiger partial charge in [0, 0.05) is 6.20 Å². The quantitative estimate of drug-likeness (QED) is 0.756. The van der Waals surface area contributed by atoms with Crippen LogP contribution in [0.2, 0.25) is 0 Å². The predicted molar refractivity (Wildman–Crippen MR) is 74.9 cm³/mol. The summed E-state index contributed by atoms with van der Waals surface area (Å²) in [6.07, 6.45) is 9.31. The molecule has 0 radical (unpaired) electrons. The van der Waals surface area contributed by atoms with E-state index in [2.05, 4.69) is 11.9 Å². The zero-order valence-corrected chi connectivity index (χ0v) is 11.7. The van der Waals surface area contributed by atoms with Crippen LogP contribution in [0.4, 0.5) is 0 Å². The summed E-state index contributed by atoms with van der Waals surface area (Å²) >= 11 is 0. The molecule has 1 aliphatic carbocycles. The summed E-state index contributed by atoms with van der Waals surface area (Å²) in [4.78, 5) is 16.7. The lowest BCUT2D eigenvalue weighted by Crippen LogP contribution is -2.25. The molecular weight excluding hydrogens is 238 g/mol. The average molecular weight is 261 g/mol. The van der Waals surface area contributed by atoms with E-state index in [1.54, 1.807) is 6.20 Å². The fourth-order valence-electron chi connectivity index (χ4n) is 2.69. The maximum absolute atomic E-state index is 12.3. The molecule has 1 aromatic heterocycles. The summed E-state index contributed by atoms with van der Waals surface area (Å²) in [6, 6.07) is 5.72. The maximum Gasteiger partial charge on any atom is 0.315 e. The third-order valence-corrected chi connectivity index (χ3v) is 3.74. The van der Waals surface area contributed by atoms with Crippen LogP contribution in [0, 0.1) is 0 Å². The number of hydrogen-bond donors (Lipinski definition) is 0. The standard InChI is InChI=1S/C16H23NO2/c1-2-8-14(15-11-6-7-12-17-15)16(18)19-13-9-4-3-5-10-13/h6-7,11-14H,2-5,8-10H2,1H3. The van der Waals surface area contributed by atoms with Crippen molar-refractivity contribution in [2.24, 2.45) is 0 Å². The van der Waals surface area contributed by atoms with Gasteiger partial charge in [0.25, 0.3) is 0 Å². The van der Waals surface area contributed by atoms with Crippen molar-refractivity contribution in [2.75, 3.05) is 0 Å². The van der Waals surface area contributed by atoms with Gasteiger partial charge in [-0.25, -0.2) is 0 Å². The normalized spacial score (nSPS) is 17.9. The number of ether oxygens (including phenoxy) is 1. The van der Waals surface area contributed by atoms with E-state index >= 15 is 0 Å². The molecule has 1 fully saturated rings. The zero-order valence-electron chi connectivity index (χ0n) is 11.7. The Morgan fingerprint density at radius 2 is 2.16 bits per heavy atom. The number of carbonyl (C=O) groups excluding carboxylic acids is 1. The van der Waals surface area contributed by atoms with Crippen LogP contribution < -0.4 is 0 Å². The van der Waals surface area contributed by atoms with Gasteiger partial charge in [0.15, 0.2) is 0 Å². The van der Waals surface area contributed by atoms with Gasteiger partial charge in [-0.05, 0) is 44.2 Å². The Morgan fingerprint density at radius 1 is 1.37 bits per heavy atom. The highest BCUT2D eigenvalue weighted by molar-refractivity contribution is 5.77. The Kier molecular flexibility index (Phi) is 5.37. The van der Waals surface area contributed by atoms with Crippen LogP contribution in [0.25, 0.3) is 0 Å². The molecule has 1 heterocycles. The second kappa shape index (κ2) is 7.27. The first-order valence-corrected chi connectivity index (χ1v) is 7.42. The molecule has 0 spiro atoms. The third kappa shape index (κ3) is 4.05. The fourth-order valence-corrected chi connectivity index (χ4v) is 2.69. The van der Waals surface area contributed by atoms with Crippen molar-refractivity contribution < 1.29 is 9.53 Å². The minimum absolute atomic E-state index is 0.0903. The summed E-state index contributed by atoms with van der Waals surface area (Å²) in [5.74, 6) is -0.291. The highest BCUT2D eigenvalue weighted by Crippen LogP contribution is 2.25. The van der Waals surface area contributed by atoms with Crippen molar-refractivity contribution in [2.45, 2.75) is 63.9 Å². The van der Waals surface area contributed by atoms with E-state index in [0.717, 1.165) is 31.4 Å². The van der Waals surface area contributed by atoms with Crippen LogP contribution in [0.5, 0.6) is 0 Å². The van der Waals surface area contributed by atoms with Gasteiger partial charge in [-0.2, -0.15) is 0 Å². The third-order valence-electron chi connectivity index (χ3n) is 3.74. The van der Waals surface area contributed by atoms with Crippen LogP contribution >= 0.6 is 0 Å².